The van der Waals surface area contributed by atoms with Gasteiger partial charge in [0.2, 0.25) is 5.91 Å². The molecule has 0 aliphatic carbocycles. The maximum absolute atomic E-state index is 13.6. The van der Waals surface area contributed by atoms with Crippen molar-refractivity contribution in [3.8, 4) is 0 Å². The van der Waals surface area contributed by atoms with Crippen LogP contribution in [0.3, 0.4) is 0 Å². The Kier molecular flexibility index (Phi) is 5.12. The zero-order valence-electron chi connectivity index (χ0n) is 16.0. The van der Waals surface area contributed by atoms with Gasteiger partial charge in [0.1, 0.15) is 17.6 Å². The van der Waals surface area contributed by atoms with Crippen LogP contribution < -0.4 is 10.2 Å². The molecule has 0 saturated carbocycles. The third-order valence-electron chi connectivity index (χ3n) is 5.12. The van der Waals surface area contributed by atoms with Gasteiger partial charge < -0.3 is 14.8 Å². The van der Waals surface area contributed by atoms with Crippen LogP contribution in [0.4, 0.5) is 10.1 Å². The van der Waals surface area contributed by atoms with Gasteiger partial charge in [0, 0.05) is 25.5 Å². The Labute approximate surface area is 168 Å². The van der Waals surface area contributed by atoms with Gasteiger partial charge in [0.05, 0.1) is 6.33 Å². The summed E-state index contributed by atoms with van der Waals surface area (Å²) in [6.45, 7) is 0.604. The number of imidazole rings is 1. The topological polar surface area (TPSA) is 67.2 Å². The minimum absolute atomic E-state index is 0.254. The van der Waals surface area contributed by atoms with E-state index in [0.717, 1.165) is 11.1 Å². The molecular formula is C22H21FN4O2. The molecular weight excluding hydrogens is 371 g/mol. The molecule has 0 spiro atoms. The molecule has 7 heteroatoms. The Hall–Kier alpha value is -3.48. The zero-order chi connectivity index (χ0) is 20.4. The second-order valence-corrected chi connectivity index (χ2v) is 7.15. The Bertz CT molecular complexity index is 1050. The second kappa shape index (κ2) is 7.87. The number of nitrogens with one attached hydrogen (secondary N) is 1. The zero-order valence-corrected chi connectivity index (χ0v) is 16.0. The van der Waals surface area contributed by atoms with Gasteiger partial charge in [-0.15, -0.1) is 0 Å². The van der Waals surface area contributed by atoms with E-state index in [2.05, 4.69) is 10.3 Å². The molecule has 0 saturated heterocycles. The minimum atomic E-state index is -0.692. The van der Waals surface area contributed by atoms with Crippen LogP contribution in [-0.2, 0) is 17.8 Å². The van der Waals surface area contributed by atoms with E-state index in [-0.39, 0.29) is 11.6 Å². The molecule has 1 atom stereocenters. The second-order valence-electron chi connectivity index (χ2n) is 7.15. The standard InChI is InChI=1S/C22H21FN4O2/c1-26-20-11-17(23)9-7-16(20)8-10-18(22(26)29)25-21(28)19-13-27(14-24-19)12-15-5-3-2-4-6-15/h2-7,9,11,13-14,18H,8,10,12H2,1H3,(H,25,28). The number of fused-ring (bicyclic) bond motifs is 1. The Morgan fingerprint density at radius 1 is 1.24 bits per heavy atom. The predicted molar refractivity (Wildman–Crippen MR) is 107 cm³/mol. The van der Waals surface area contributed by atoms with Crippen LogP contribution >= 0.6 is 0 Å². The molecule has 1 unspecified atom stereocenters. The van der Waals surface area contributed by atoms with E-state index in [9.17, 15) is 14.0 Å². The number of nitrogens with zero attached hydrogens (tertiary/aromatic N) is 3. The highest BCUT2D eigenvalue weighted by Crippen LogP contribution is 2.27. The number of carbonyl (C=O) groups is 2. The molecule has 1 aliphatic heterocycles. The highest BCUT2D eigenvalue weighted by atomic mass is 19.1. The largest absolute Gasteiger partial charge is 0.339 e. The van der Waals surface area contributed by atoms with Crippen LogP contribution in [0.15, 0.2) is 61.1 Å². The number of aryl methyl sites for hydroxylation is 1. The third-order valence-corrected chi connectivity index (χ3v) is 5.12. The summed E-state index contributed by atoms with van der Waals surface area (Å²) in [7, 11) is 1.60. The van der Waals surface area contributed by atoms with E-state index in [1.54, 1.807) is 25.6 Å². The summed E-state index contributed by atoms with van der Waals surface area (Å²) in [4.78, 5) is 31.0. The fourth-order valence-corrected chi connectivity index (χ4v) is 3.56. The first-order chi connectivity index (χ1) is 14.0. The van der Waals surface area contributed by atoms with Gasteiger partial charge in [-0.05, 0) is 36.1 Å². The van der Waals surface area contributed by atoms with E-state index in [0.29, 0.717) is 25.1 Å². The van der Waals surface area contributed by atoms with E-state index in [1.165, 1.54) is 17.0 Å². The lowest BCUT2D eigenvalue weighted by Crippen LogP contribution is -2.46. The van der Waals surface area contributed by atoms with Crippen molar-refractivity contribution in [2.24, 2.45) is 0 Å². The number of rotatable bonds is 4. The number of carbonyl (C=O) groups excluding carboxylic acids is 2. The summed E-state index contributed by atoms with van der Waals surface area (Å²) in [6.07, 6.45) is 4.27. The van der Waals surface area contributed by atoms with Crippen LogP contribution in [0, 0.1) is 5.82 Å². The van der Waals surface area contributed by atoms with E-state index in [1.807, 2.05) is 34.9 Å². The van der Waals surface area contributed by atoms with E-state index in [4.69, 9.17) is 0 Å². The summed E-state index contributed by atoms with van der Waals surface area (Å²) >= 11 is 0. The van der Waals surface area contributed by atoms with E-state index >= 15 is 0 Å². The number of hydrogen-bond acceptors (Lipinski definition) is 3. The number of likely N-dealkylation sites (N-methyl/N-ethyl adjacent to an activating group) is 1. The molecule has 148 valence electrons. The molecule has 2 aromatic carbocycles. The van der Waals surface area contributed by atoms with Crippen molar-refractivity contribution >= 4 is 17.5 Å². The molecule has 0 radical (unpaired) electrons. The molecule has 4 rings (SSSR count). The molecule has 1 N–H and O–H groups in total. The lowest BCUT2D eigenvalue weighted by atomic mass is 10.1. The molecule has 2 heterocycles. The summed E-state index contributed by atoms with van der Waals surface area (Å²) < 4.78 is 15.4. The number of amides is 2. The average molecular weight is 392 g/mol. The lowest BCUT2D eigenvalue weighted by molar-refractivity contribution is -0.120. The average Bonchev–Trinajstić information content (AvgIpc) is 3.16. The van der Waals surface area contributed by atoms with Gasteiger partial charge >= 0.3 is 0 Å². The first-order valence-electron chi connectivity index (χ1n) is 9.44. The number of halogens is 1. The highest BCUT2D eigenvalue weighted by molar-refractivity contribution is 6.02. The van der Waals surface area contributed by atoms with Crippen molar-refractivity contribution < 1.29 is 14.0 Å². The van der Waals surface area contributed by atoms with Gasteiger partial charge in [-0.1, -0.05) is 36.4 Å². The van der Waals surface area contributed by atoms with Crippen molar-refractivity contribution in [2.75, 3.05) is 11.9 Å². The van der Waals surface area contributed by atoms with Crippen LogP contribution in [0.5, 0.6) is 0 Å². The molecule has 6 nitrogen and oxygen atoms in total. The molecule has 3 aromatic rings. The van der Waals surface area contributed by atoms with Gasteiger partial charge in [-0.2, -0.15) is 0 Å². The van der Waals surface area contributed by atoms with Crippen LogP contribution in [0.2, 0.25) is 0 Å². The highest BCUT2D eigenvalue weighted by Gasteiger charge is 2.30. The van der Waals surface area contributed by atoms with Gasteiger partial charge in [0.15, 0.2) is 0 Å². The third kappa shape index (κ3) is 4.03. The maximum atomic E-state index is 13.6. The maximum Gasteiger partial charge on any atom is 0.272 e. The summed E-state index contributed by atoms with van der Waals surface area (Å²) in [5.74, 6) is -1.07. The van der Waals surface area contributed by atoms with Crippen molar-refractivity contribution in [3.63, 3.8) is 0 Å². The summed E-state index contributed by atoms with van der Waals surface area (Å²) in [5.41, 5.74) is 2.77. The van der Waals surface area contributed by atoms with Gasteiger partial charge in [-0.3, -0.25) is 9.59 Å². The van der Waals surface area contributed by atoms with Gasteiger partial charge in [0.25, 0.3) is 5.91 Å². The normalized spacial score (nSPS) is 16.3. The SMILES string of the molecule is CN1C(=O)C(NC(=O)c2cn(Cc3ccccc3)cn2)CCc2ccc(F)cc21. The monoisotopic (exact) mass is 392 g/mol. The quantitative estimate of drug-likeness (QED) is 0.743. The van der Waals surface area contributed by atoms with Crippen molar-refractivity contribution in [2.45, 2.75) is 25.4 Å². The van der Waals surface area contributed by atoms with Crippen LogP contribution in [0.1, 0.15) is 28.0 Å². The van der Waals surface area contributed by atoms with Gasteiger partial charge in [-0.25, -0.2) is 9.37 Å². The van der Waals surface area contributed by atoms with Crippen molar-refractivity contribution in [1.82, 2.24) is 14.9 Å². The smallest absolute Gasteiger partial charge is 0.272 e. The van der Waals surface area contributed by atoms with E-state index < -0.39 is 17.8 Å². The molecule has 1 aromatic heterocycles. The minimum Gasteiger partial charge on any atom is -0.339 e. The first-order valence-corrected chi connectivity index (χ1v) is 9.44. The Balaban J connectivity index is 1.45. The molecule has 0 bridgehead atoms. The molecule has 2 amide bonds. The molecule has 29 heavy (non-hydrogen) atoms. The summed E-state index contributed by atoms with van der Waals surface area (Å²) in [6, 6.07) is 13.6. The fraction of sp³-hybridized carbons (Fsp3) is 0.227. The first kappa shape index (κ1) is 18.9. The fourth-order valence-electron chi connectivity index (χ4n) is 3.56. The number of benzene rings is 2. The van der Waals surface area contributed by atoms with Crippen LogP contribution in [0.25, 0.3) is 0 Å². The van der Waals surface area contributed by atoms with Crippen LogP contribution in [-0.4, -0.2) is 34.5 Å². The summed E-state index contributed by atoms with van der Waals surface area (Å²) in [5, 5.41) is 2.78. The number of hydrogen-bond donors (Lipinski definition) is 1. The number of anilines is 1. The Morgan fingerprint density at radius 3 is 2.83 bits per heavy atom. The lowest BCUT2D eigenvalue weighted by Gasteiger charge is -2.21. The molecule has 1 aliphatic rings. The molecule has 0 fully saturated rings. The predicted octanol–water partition coefficient (Wildman–Crippen LogP) is 2.78. The van der Waals surface area contributed by atoms with Crippen molar-refractivity contribution in [1.29, 1.82) is 0 Å². The van der Waals surface area contributed by atoms with Crippen molar-refractivity contribution in [3.05, 3.63) is 83.7 Å². The number of aromatic nitrogens is 2. The Morgan fingerprint density at radius 2 is 2.03 bits per heavy atom.